The summed E-state index contributed by atoms with van der Waals surface area (Å²) in [4.78, 5) is 0. The van der Waals surface area contributed by atoms with Crippen molar-refractivity contribution in [1.29, 1.82) is 0 Å². The van der Waals surface area contributed by atoms with Gasteiger partial charge in [-0.25, -0.2) is 0 Å². The Balaban J connectivity index is 1.08. The smallest absolute Gasteiger partial charge is 0.0544 e. The third-order valence-electron chi connectivity index (χ3n) is 11.3. The highest BCUT2D eigenvalue weighted by molar-refractivity contribution is 6.19. The quantitative estimate of drug-likeness (QED) is 0.184. The summed E-state index contributed by atoms with van der Waals surface area (Å²) in [5.74, 6) is 0. The van der Waals surface area contributed by atoms with Gasteiger partial charge in [-0.15, -0.1) is 0 Å². The molecule has 0 atom stereocenters. The molecule has 2 aliphatic rings. The zero-order chi connectivity index (χ0) is 31.7. The number of hydrogen-bond acceptors (Lipinski definition) is 0. The van der Waals surface area contributed by atoms with E-state index >= 15 is 0 Å². The van der Waals surface area contributed by atoms with E-state index in [0.717, 1.165) is 0 Å². The van der Waals surface area contributed by atoms with Gasteiger partial charge in [0.15, 0.2) is 0 Å². The van der Waals surface area contributed by atoms with Crippen LogP contribution in [0.5, 0.6) is 0 Å². The number of rotatable bonds is 2. The van der Waals surface area contributed by atoms with Crippen LogP contribution in [0.15, 0.2) is 152 Å². The van der Waals surface area contributed by atoms with Gasteiger partial charge in [-0.3, -0.25) is 0 Å². The summed E-state index contributed by atoms with van der Waals surface area (Å²) in [7, 11) is 0. The molecular formula is C47H31N. The van der Waals surface area contributed by atoms with Crippen molar-refractivity contribution in [2.45, 2.75) is 19.3 Å². The molecule has 0 amide bonds. The van der Waals surface area contributed by atoms with E-state index in [9.17, 15) is 0 Å². The summed E-state index contributed by atoms with van der Waals surface area (Å²) < 4.78 is 2.47. The van der Waals surface area contributed by atoms with Gasteiger partial charge in [-0.2, -0.15) is 0 Å². The molecule has 0 N–H and O–H groups in total. The molecule has 0 bridgehead atoms. The van der Waals surface area contributed by atoms with E-state index in [0.29, 0.717) is 0 Å². The van der Waals surface area contributed by atoms with E-state index in [-0.39, 0.29) is 5.41 Å². The third-order valence-corrected chi connectivity index (χ3v) is 11.3. The second kappa shape index (κ2) is 9.12. The molecule has 1 aromatic heterocycles. The molecule has 48 heavy (non-hydrogen) atoms. The lowest BCUT2D eigenvalue weighted by molar-refractivity contribution is 0.661. The zero-order valence-corrected chi connectivity index (χ0v) is 26.9. The van der Waals surface area contributed by atoms with Gasteiger partial charge < -0.3 is 4.57 Å². The molecule has 0 radical (unpaired) electrons. The maximum absolute atomic E-state index is 2.47. The van der Waals surface area contributed by atoms with Gasteiger partial charge in [0.05, 0.1) is 11.0 Å². The van der Waals surface area contributed by atoms with Crippen LogP contribution in [0.1, 0.15) is 25.0 Å². The number of aromatic nitrogens is 1. The molecule has 1 heteroatoms. The SMILES string of the molecule is CC1(C)c2ccccc2-c2cc3c4ccccc4n(-c4ccc5cc(-c6ccc7c8c(cccc68)-c6ccccc6-7)ccc5c4)c3cc21. The standard InChI is InChI=1S/C47H31N/c1-47(2)42-16-7-5-12-35(42)40-26-41-36-13-6-8-17-44(36)48(45(41)27-43(40)47)31-21-20-28-24-30(19-18-29(28)25-31)32-22-23-39-34-11-4-3-10-33(34)38-15-9-14-37(32)46(38)39/h3-27H,1-2H3. The van der Waals surface area contributed by atoms with Gasteiger partial charge in [0.25, 0.3) is 0 Å². The lowest BCUT2D eigenvalue weighted by Crippen LogP contribution is -2.14. The summed E-state index contributed by atoms with van der Waals surface area (Å²) in [5.41, 5.74) is 17.1. The predicted octanol–water partition coefficient (Wildman–Crippen LogP) is 12.7. The van der Waals surface area contributed by atoms with Crippen LogP contribution in [0.2, 0.25) is 0 Å². The van der Waals surface area contributed by atoms with Crippen molar-refractivity contribution in [2.24, 2.45) is 0 Å². The lowest BCUT2D eigenvalue weighted by atomic mass is 9.82. The minimum Gasteiger partial charge on any atom is -0.309 e. The number of nitrogens with zero attached hydrogens (tertiary/aromatic N) is 1. The van der Waals surface area contributed by atoms with Crippen molar-refractivity contribution in [3.8, 4) is 50.2 Å². The summed E-state index contributed by atoms with van der Waals surface area (Å²) >= 11 is 0. The number of para-hydroxylation sites is 1. The van der Waals surface area contributed by atoms with E-state index in [1.54, 1.807) is 0 Å². The topological polar surface area (TPSA) is 4.93 Å². The molecule has 9 aromatic rings. The van der Waals surface area contributed by atoms with Crippen LogP contribution >= 0.6 is 0 Å². The zero-order valence-electron chi connectivity index (χ0n) is 26.9. The number of fused-ring (bicyclic) bond motifs is 10. The van der Waals surface area contributed by atoms with Crippen LogP contribution in [-0.4, -0.2) is 4.57 Å². The van der Waals surface area contributed by atoms with Gasteiger partial charge in [-0.05, 0) is 114 Å². The highest BCUT2D eigenvalue weighted by atomic mass is 15.0. The van der Waals surface area contributed by atoms with Gasteiger partial charge in [0.1, 0.15) is 0 Å². The van der Waals surface area contributed by atoms with Crippen LogP contribution in [-0.2, 0) is 5.41 Å². The molecule has 0 saturated carbocycles. The third kappa shape index (κ3) is 3.31. The molecule has 8 aromatic carbocycles. The maximum Gasteiger partial charge on any atom is 0.0544 e. The molecule has 0 saturated heterocycles. The molecule has 1 heterocycles. The molecule has 1 nitrogen and oxygen atoms in total. The Labute approximate surface area is 279 Å². The van der Waals surface area contributed by atoms with Crippen molar-refractivity contribution in [3.05, 3.63) is 163 Å². The van der Waals surface area contributed by atoms with Crippen molar-refractivity contribution in [3.63, 3.8) is 0 Å². The maximum atomic E-state index is 2.47. The Morgan fingerprint density at radius 1 is 0.396 bits per heavy atom. The highest BCUT2D eigenvalue weighted by Crippen LogP contribution is 2.52. The van der Waals surface area contributed by atoms with E-state index in [4.69, 9.17) is 0 Å². The highest BCUT2D eigenvalue weighted by Gasteiger charge is 2.36. The fourth-order valence-electron chi connectivity index (χ4n) is 9.04. The first-order chi connectivity index (χ1) is 23.6. The minimum absolute atomic E-state index is 0.0490. The summed E-state index contributed by atoms with van der Waals surface area (Å²) in [6, 6.07) is 56.8. The first kappa shape index (κ1) is 26.2. The second-order valence-corrected chi connectivity index (χ2v) is 14.1. The number of hydrogen-bond donors (Lipinski definition) is 0. The lowest BCUT2D eigenvalue weighted by Gasteiger charge is -2.21. The summed E-state index contributed by atoms with van der Waals surface area (Å²) in [6.07, 6.45) is 0. The molecule has 0 aliphatic heterocycles. The normalized spacial score (nSPS) is 13.8. The number of benzene rings is 8. The average Bonchev–Trinajstić information content (AvgIpc) is 3.72. The molecule has 11 rings (SSSR count). The van der Waals surface area contributed by atoms with Crippen molar-refractivity contribution in [2.75, 3.05) is 0 Å². The predicted molar refractivity (Wildman–Crippen MR) is 203 cm³/mol. The van der Waals surface area contributed by atoms with Crippen LogP contribution < -0.4 is 0 Å². The van der Waals surface area contributed by atoms with Crippen LogP contribution in [0.25, 0.3) is 93.5 Å². The second-order valence-electron chi connectivity index (χ2n) is 14.1. The molecule has 0 spiro atoms. The summed E-state index contributed by atoms with van der Waals surface area (Å²) in [5, 5.41) is 7.79. The van der Waals surface area contributed by atoms with E-state index in [1.807, 2.05) is 0 Å². The summed E-state index contributed by atoms with van der Waals surface area (Å²) in [6.45, 7) is 4.73. The van der Waals surface area contributed by atoms with Gasteiger partial charge in [0, 0.05) is 21.9 Å². The fraction of sp³-hybridized carbons (Fsp3) is 0.0638. The van der Waals surface area contributed by atoms with Crippen molar-refractivity contribution < 1.29 is 0 Å². The Bertz CT molecular complexity index is 2830. The molecule has 0 unspecified atom stereocenters. The first-order valence-electron chi connectivity index (χ1n) is 16.9. The van der Waals surface area contributed by atoms with Crippen LogP contribution in [0.4, 0.5) is 0 Å². The van der Waals surface area contributed by atoms with E-state index in [1.165, 1.54) is 105 Å². The molecule has 0 fully saturated rings. The van der Waals surface area contributed by atoms with Crippen LogP contribution in [0.3, 0.4) is 0 Å². The van der Waals surface area contributed by atoms with E-state index < -0.39 is 0 Å². The van der Waals surface area contributed by atoms with Crippen LogP contribution in [0, 0.1) is 0 Å². The molecular weight excluding hydrogens is 579 g/mol. The van der Waals surface area contributed by atoms with Gasteiger partial charge in [-0.1, -0.05) is 129 Å². The Morgan fingerprint density at radius 2 is 1.06 bits per heavy atom. The largest absolute Gasteiger partial charge is 0.309 e. The Morgan fingerprint density at radius 3 is 1.94 bits per heavy atom. The Hall–Kier alpha value is -5.92. The minimum atomic E-state index is -0.0490. The monoisotopic (exact) mass is 609 g/mol. The van der Waals surface area contributed by atoms with E-state index in [2.05, 4.69) is 170 Å². The van der Waals surface area contributed by atoms with Crippen molar-refractivity contribution in [1.82, 2.24) is 4.57 Å². The molecule has 224 valence electrons. The van der Waals surface area contributed by atoms with Crippen molar-refractivity contribution >= 4 is 43.4 Å². The van der Waals surface area contributed by atoms with Gasteiger partial charge in [0.2, 0.25) is 0 Å². The van der Waals surface area contributed by atoms with Gasteiger partial charge >= 0.3 is 0 Å². The average molecular weight is 610 g/mol. The first-order valence-corrected chi connectivity index (χ1v) is 16.9. The molecule has 2 aliphatic carbocycles. The Kier molecular flexibility index (Phi) is 4.97. The fourth-order valence-corrected chi connectivity index (χ4v) is 9.04.